The largest absolute Gasteiger partial charge is 0.573 e. The summed E-state index contributed by atoms with van der Waals surface area (Å²) in [7, 11) is 3.75. The van der Waals surface area contributed by atoms with Gasteiger partial charge in [-0.25, -0.2) is 0 Å². The third kappa shape index (κ3) is 4.18. The smallest absolute Gasteiger partial charge is 0.406 e. The molecule has 0 spiro atoms. The maximum atomic E-state index is 12.5. The number of hydrogen-bond donors (Lipinski definition) is 0. The minimum atomic E-state index is -4.76. The van der Waals surface area contributed by atoms with E-state index in [1.807, 2.05) is 23.9 Å². The van der Waals surface area contributed by atoms with E-state index in [-0.39, 0.29) is 23.1 Å². The topological polar surface area (TPSA) is 32.8 Å². The fourth-order valence-corrected chi connectivity index (χ4v) is 2.33. The predicted molar refractivity (Wildman–Crippen MR) is 71.4 cm³/mol. The highest BCUT2D eigenvalue weighted by molar-refractivity contribution is 6.00. The van der Waals surface area contributed by atoms with Gasteiger partial charge in [-0.3, -0.25) is 9.69 Å². The molecule has 0 N–H and O–H groups in total. The van der Waals surface area contributed by atoms with Gasteiger partial charge >= 0.3 is 6.36 Å². The van der Waals surface area contributed by atoms with Crippen LogP contribution in [0.25, 0.3) is 0 Å². The second-order valence-electron chi connectivity index (χ2n) is 5.20. The van der Waals surface area contributed by atoms with Gasteiger partial charge in [0.1, 0.15) is 5.75 Å². The molecular formula is C14H17F3N2O2. The number of hydrogen-bond acceptors (Lipinski definition) is 4. The molecule has 0 bridgehead atoms. The number of carbonyl (C=O) groups is 1. The number of halogens is 3. The highest BCUT2D eigenvalue weighted by Crippen LogP contribution is 2.24. The van der Waals surface area contributed by atoms with Crippen molar-refractivity contribution in [3.05, 3.63) is 29.8 Å². The highest BCUT2D eigenvalue weighted by atomic mass is 19.4. The molecule has 1 aromatic carbocycles. The summed E-state index contributed by atoms with van der Waals surface area (Å²) in [5.74, 6) is -0.572. The Balaban J connectivity index is 2.17. The van der Waals surface area contributed by atoms with Crippen molar-refractivity contribution in [1.29, 1.82) is 0 Å². The Morgan fingerprint density at radius 2 is 2.00 bits per heavy atom. The first kappa shape index (κ1) is 15.8. The third-order valence-electron chi connectivity index (χ3n) is 3.51. The van der Waals surface area contributed by atoms with Crippen LogP contribution in [0.15, 0.2) is 24.3 Å². The number of rotatable bonds is 3. The van der Waals surface area contributed by atoms with Crippen LogP contribution in [0, 0.1) is 0 Å². The van der Waals surface area contributed by atoms with Gasteiger partial charge in [0.2, 0.25) is 0 Å². The van der Waals surface area contributed by atoms with Gasteiger partial charge in [0.25, 0.3) is 0 Å². The fourth-order valence-electron chi connectivity index (χ4n) is 2.33. The molecular weight excluding hydrogens is 285 g/mol. The Labute approximate surface area is 121 Å². The molecule has 0 aromatic heterocycles. The van der Waals surface area contributed by atoms with Crippen molar-refractivity contribution < 1.29 is 22.7 Å². The number of Topliss-reactive ketones (excluding diaryl/α,β-unsaturated/α-hetero) is 1. The number of nitrogens with zero attached hydrogens (tertiary/aromatic N) is 2. The monoisotopic (exact) mass is 302 g/mol. The van der Waals surface area contributed by atoms with Gasteiger partial charge in [-0.2, -0.15) is 0 Å². The molecule has 1 aromatic rings. The van der Waals surface area contributed by atoms with E-state index in [1.165, 1.54) is 18.2 Å². The molecule has 1 fully saturated rings. The zero-order chi connectivity index (χ0) is 15.6. The van der Waals surface area contributed by atoms with Crippen molar-refractivity contribution in [2.75, 3.05) is 33.7 Å². The summed E-state index contributed by atoms with van der Waals surface area (Å²) < 4.78 is 40.5. The van der Waals surface area contributed by atoms with Crippen LogP contribution in [0.4, 0.5) is 13.2 Å². The predicted octanol–water partition coefficient (Wildman–Crippen LogP) is 2.01. The quantitative estimate of drug-likeness (QED) is 0.800. The van der Waals surface area contributed by atoms with Gasteiger partial charge < -0.3 is 9.64 Å². The van der Waals surface area contributed by atoms with Crippen molar-refractivity contribution in [3.8, 4) is 5.75 Å². The summed E-state index contributed by atoms with van der Waals surface area (Å²) in [6.45, 7) is 2.16. The Hall–Kier alpha value is -1.60. The molecule has 7 heteroatoms. The molecule has 1 heterocycles. The molecule has 1 atom stereocenters. The standard InChI is InChI=1S/C14H17F3N2O2/c1-18-6-7-19(2)12(9-18)13(20)10-4-3-5-11(8-10)21-14(15,16)17/h3-5,8,12H,6-7,9H2,1-2H3. The minimum Gasteiger partial charge on any atom is -0.406 e. The highest BCUT2D eigenvalue weighted by Gasteiger charge is 2.32. The van der Waals surface area contributed by atoms with E-state index >= 15 is 0 Å². The lowest BCUT2D eigenvalue weighted by atomic mass is 10.0. The SMILES string of the molecule is CN1CCN(C)C(C(=O)c2cccc(OC(F)(F)F)c2)C1. The maximum absolute atomic E-state index is 12.5. The van der Waals surface area contributed by atoms with Crippen molar-refractivity contribution in [1.82, 2.24) is 9.80 Å². The van der Waals surface area contributed by atoms with Crippen LogP contribution < -0.4 is 4.74 Å². The van der Waals surface area contributed by atoms with Crippen molar-refractivity contribution in [3.63, 3.8) is 0 Å². The van der Waals surface area contributed by atoms with Crippen molar-refractivity contribution >= 4 is 5.78 Å². The van der Waals surface area contributed by atoms with Gasteiger partial charge in [0.05, 0.1) is 6.04 Å². The number of likely N-dealkylation sites (N-methyl/N-ethyl adjacent to an activating group) is 2. The number of piperazine rings is 1. The lowest BCUT2D eigenvalue weighted by molar-refractivity contribution is -0.274. The summed E-state index contributed by atoms with van der Waals surface area (Å²) >= 11 is 0. The van der Waals surface area contributed by atoms with E-state index in [1.54, 1.807) is 0 Å². The Kier molecular flexibility index (Phi) is 4.53. The van der Waals surface area contributed by atoms with Crippen LogP contribution in [0.5, 0.6) is 5.75 Å². The molecule has 0 aliphatic carbocycles. The van der Waals surface area contributed by atoms with Crippen LogP contribution in [-0.4, -0.2) is 61.7 Å². The summed E-state index contributed by atoms with van der Waals surface area (Å²) in [5, 5.41) is 0. The zero-order valence-electron chi connectivity index (χ0n) is 11.9. The number of ketones is 1. The molecule has 4 nitrogen and oxygen atoms in total. The van der Waals surface area contributed by atoms with Crippen molar-refractivity contribution in [2.24, 2.45) is 0 Å². The molecule has 116 valence electrons. The van der Waals surface area contributed by atoms with Gasteiger partial charge in [0.15, 0.2) is 5.78 Å². The van der Waals surface area contributed by atoms with Crippen LogP contribution in [0.3, 0.4) is 0 Å². The molecule has 1 aliphatic heterocycles. The molecule has 2 rings (SSSR count). The van der Waals surface area contributed by atoms with E-state index in [0.717, 1.165) is 19.2 Å². The fraction of sp³-hybridized carbons (Fsp3) is 0.500. The van der Waals surface area contributed by atoms with E-state index < -0.39 is 6.36 Å². The molecule has 0 saturated carbocycles. The van der Waals surface area contributed by atoms with E-state index in [4.69, 9.17) is 0 Å². The van der Waals surface area contributed by atoms with Crippen LogP contribution >= 0.6 is 0 Å². The lowest BCUT2D eigenvalue weighted by Gasteiger charge is -2.36. The third-order valence-corrected chi connectivity index (χ3v) is 3.51. The molecule has 0 radical (unpaired) electrons. The molecule has 1 unspecified atom stereocenters. The number of ether oxygens (including phenoxy) is 1. The summed E-state index contributed by atoms with van der Waals surface area (Å²) in [6, 6.07) is 4.86. The molecule has 21 heavy (non-hydrogen) atoms. The number of benzene rings is 1. The van der Waals surface area contributed by atoms with Gasteiger partial charge in [0, 0.05) is 25.2 Å². The molecule has 1 aliphatic rings. The summed E-state index contributed by atoms with van der Waals surface area (Å²) in [6.07, 6.45) is -4.76. The van der Waals surface area contributed by atoms with E-state index in [0.29, 0.717) is 6.54 Å². The maximum Gasteiger partial charge on any atom is 0.573 e. The summed E-state index contributed by atoms with van der Waals surface area (Å²) in [5.41, 5.74) is 0.226. The van der Waals surface area contributed by atoms with E-state index in [2.05, 4.69) is 4.74 Å². The molecule has 0 amide bonds. The first-order chi connectivity index (χ1) is 9.76. The second-order valence-corrected chi connectivity index (χ2v) is 5.20. The minimum absolute atomic E-state index is 0.198. The number of carbonyl (C=O) groups excluding carboxylic acids is 1. The number of alkyl halides is 3. The average molecular weight is 302 g/mol. The lowest BCUT2D eigenvalue weighted by Crippen LogP contribution is -2.53. The van der Waals surface area contributed by atoms with Gasteiger partial charge in [-0.1, -0.05) is 12.1 Å². The Morgan fingerprint density at radius 3 is 2.67 bits per heavy atom. The first-order valence-corrected chi connectivity index (χ1v) is 6.55. The first-order valence-electron chi connectivity index (χ1n) is 6.55. The van der Waals surface area contributed by atoms with E-state index in [9.17, 15) is 18.0 Å². The molecule has 1 saturated heterocycles. The zero-order valence-corrected chi connectivity index (χ0v) is 11.9. The Morgan fingerprint density at radius 1 is 1.29 bits per heavy atom. The van der Waals surface area contributed by atoms with Crippen LogP contribution in [0.1, 0.15) is 10.4 Å². The van der Waals surface area contributed by atoms with Gasteiger partial charge in [-0.15, -0.1) is 13.2 Å². The Bertz CT molecular complexity index is 519. The van der Waals surface area contributed by atoms with Crippen LogP contribution in [-0.2, 0) is 0 Å². The van der Waals surface area contributed by atoms with Crippen LogP contribution in [0.2, 0.25) is 0 Å². The second kappa shape index (κ2) is 6.03. The van der Waals surface area contributed by atoms with Crippen molar-refractivity contribution in [2.45, 2.75) is 12.4 Å². The normalized spacial score (nSPS) is 21.3. The average Bonchev–Trinajstić information content (AvgIpc) is 2.39. The van der Waals surface area contributed by atoms with Gasteiger partial charge in [-0.05, 0) is 26.2 Å². The summed E-state index contributed by atoms with van der Waals surface area (Å²) in [4.78, 5) is 16.4.